The van der Waals surface area contributed by atoms with Crippen LogP contribution in [0.5, 0.6) is 0 Å². The summed E-state index contributed by atoms with van der Waals surface area (Å²) in [5, 5.41) is 3.41. The second-order valence-corrected chi connectivity index (χ2v) is 6.59. The van der Waals surface area contributed by atoms with Crippen molar-refractivity contribution in [3.8, 4) is 0 Å². The Morgan fingerprint density at radius 1 is 1.10 bits per heavy atom. The molecule has 0 bridgehead atoms. The lowest BCUT2D eigenvalue weighted by atomic mass is 10.1. The predicted molar refractivity (Wildman–Crippen MR) is 92.5 cm³/mol. The van der Waals surface area contributed by atoms with Crippen molar-refractivity contribution in [1.82, 2.24) is 5.32 Å². The molecule has 0 aliphatic rings. The van der Waals surface area contributed by atoms with Gasteiger partial charge in [-0.25, -0.2) is 0 Å². The molecule has 106 valence electrons. The van der Waals surface area contributed by atoms with Crippen molar-refractivity contribution in [1.29, 1.82) is 0 Å². The molecule has 0 aliphatic carbocycles. The number of benzene rings is 2. The Labute approximate surface area is 134 Å². The average Bonchev–Trinajstić information content (AvgIpc) is 2.50. The molecule has 0 aromatic heterocycles. The Hall–Kier alpha value is -0.770. The van der Waals surface area contributed by atoms with Gasteiger partial charge in [0, 0.05) is 21.2 Å². The highest BCUT2D eigenvalue weighted by Crippen LogP contribution is 2.30. The van der Waals surface area contributed by atoms with Crippen LogP contribution in [0.4, 0.5) is 0 Å². The van der Waals surface area contributed by atoms with Crippen LogP contribution in [0.1, 0.15) is 24.1 Å². The van der Waals surface area contributed by atoms with Crippen LogP contribution >= 0.6 is 27.7 Å². The van der Waals surface area contributed by atoms with Gasteiger partial charge in [0.1, 0.15) is 0 Å². The molecule has 0 amide bonds. The molecule has 2 aromatic rings. The van der Waals surface area contributed by atoms with E-state index in [4.69, 9.17) is 0 Å². The summed E-state index contributed by atoms with van der Waals surface area (Å²) < 4.78 is 1.17. The molecule has 1 nitrogen and oxygen atoms in total. The first-order valence-corrected chi connectivity index (χ1v) is 8.66. The maximum atomic E-state index is 3.60. The minimum absolute atomic E-state index is 0.373. The van der Waals surface area contributed by atoms with Gasteiger partial charge in [0.2, 0.25) is 0 Å². The van der Waals surface area contributed by atoms with Crippen molar-refractivity contribution < 1.29 is 0 Å². The fourth-order valence-electron chi connectivity index (χ4n) is 2.07. The zero-order chi connectivity index (χ0) is 14.4. The predicted octanol–water partition coefficient (Wildman–Crippen LogP) is 5.06. The van der Waals surface area contributed by atoms with E-state index in [2.05, 4.69) is 70.6 Å². The number of rotatable bonds is 6. The Balaban J connectivity index is 2.03. The quantitative estimate of drug-likeness (QED) is 0.731. The molecule has 0 aliphatic heterocycles. The zero-order valence-electron chi connectivity index (χ0n) is 11.9. The molecular formula is C17H20BrNS. The average molecular weight is 350 g/mol. The highest BCUT2D eigenvalue weighted by Gasteiger charge is 2.10. The molecule has 0 saturated carbocycles. The Bertz CT molecular complexity index is 539. The molecule has 0 radical (unpaired) electrons. The SMILES string of the molecule is CCc1ccc(C(CSc2ccccc2Br)NC)cc1. The molecule has 1 atom stereocenters. The first kappa shape index (κ1) is 15.6. The number of thioether (sulfide) groups is 1. The first-order valence-electron chi connectivity index (χ1n) is 6.88. The highest BCUT2D eigenvalue weighted by atomic mass is 79.9. The van der Waals surface area contributed by atoms with Gasteiger partial charge in [0.15, 0.2) is 0 Å². The van der Waals surface area contributed by atoms with E-state index in [0.717, 1.165) is 12.2 Å². The van der Waals surface area contributed by atoms with Crippen LogP contribution in [0.15, 0.2) is 57.9 Å². The number of aryl methyl sites for hydroxylation is 1. The maximum Gasteiger partial charge on any atom is 0.0412 e. The van der Waals surface area contributed by atoms with Gasteiger partial charge in [-0.15, -0.1) is 11.8 Å². The fourth-order valence-corrected chi connectivity index (χ4v) is 3.78. The molecule has 0 heterocycles. The smallest absolute Gasteiger partial charge is 0.0412 e. The minimum atomic E-state index is 0.373. The third-order valence-electron chi connectivity index (χ3n) is 3.38. The molecule has 0 saturated heterocycles. The largest absolute Gasteiger partial charge is 0.312 e. The van der Waals surface area contributed by atoms with Crippen molar-refractivity contribution in [2.45, 2.75) is 24.3 Å². The van der Waals surface area contributed by atoms with E-state index in [0.29, 0.717) is 6.04 Å². The topological polar surface area (TPSA) is 12.0 Å². The monoisotopic (exact) mass is 349 g/mol. The lowest BCUT2D eigenvalue weighted by molar-refractivity contribution is 0.661. The standard InChI is InChI=1S/C17H20BrNS/c1-3-13-8-10-14(11-9-13)16(19-2)12-20-17-7-5-4-6-15(17)18/h4-11,16,19H,3,12H2,1-2H3. The second kappa shape index (κ2) is 7.87. The zero-order valence-corrected chi connectivity index (χ0v) is 14.3. The number of nitrogens with one attached hydrogen (secondary N) is 1. The Kier molecular flexibility index (Phi) is 6.14. The van der Waals surface area contributed by atoms with E-state index in [-0.39, 0.29) is 0 Å². The van der Waals surface area contributed by atoms with Gasteiger partial charge in [-0.3, -0.25) is 0 Å². The van der Waals surface area contributed by atoms with E-state index in [9.17, 15) is 0 Å². The molecular weight excluding hydrogens is 330 g/mol. The lowest BCUT2D eigenvalue weighted by Gasteiger charge is -2.17. The van der Waals surface area contributed by atoms with Crippen LogP contribution in [0.25, 0.3) is 0 Å². The maximum absolute atomic E-state index is 3.60. The molecule has 0 fully saturated rings. The van der Waals surface area contributed by atoms with Gasteiger partial charge in [-0.05, 0) is 52.7 Å². The van der Waals surface area contributed by atoms with Gasteiger partial charge in [0.25, 0.3) is 0 Å². The molecule has 2 aromatic carbocycles. The van der Waals surface area contributed by atoms with Gasteiger partial charge < -0.3 is 5.32 Å². The molecule has 2 rings (SSSR count). The summed E-state index contributed by atoms with van der Waals surface area (Å²) in [6, 6.07) is 17.7. The van der Waals surface area contributed by atoms with Gasteiger partial charge in [-0.2, -0.15) is 0 Å². The van der Waals surface area contributed by atoms with Crippen molar-refractivity contribution in [2.75, 3.05) is 12.8 Å². The molecule has 20 heavy (non-hydrogen) atoms. The summed E-state index contributed by atoms with van der Waals surface area (Å²) in [6.45, 7) is 2.19. The van der Waals surface area contributed by atoms with Crippen LogP contribution < -0.4 is 5.32 Å². The molecule has 3 heteroatoms. The van der Waals surface area contributed by atoms with Crippen molar-refractivity contribution in [3.05, 3.63) is 64.1 Å². The minimum Gasteiger partial charge on any atom is -0.312 e. The number of hydrogen-bond acceptors (Lipinski definition) is 2. The van der Waals surface area contributed by atoms with E-state index in [1.807, 2.05) is 24.9 Å². The third-order valence-corrected chi connectivity index (χ3v) is 5.50. The summed E-state index contributed by atoms with van der Waals surface area (Å²) in [7, 11) is 2.03. The first-order chi connectivity index (χ1) is 9.74. The van der Waals surface area contributed by atoms with Crippen LogP contribution in [0, 0.1) is 0 Å². The number of hydrogen-bond donors (Lipinski definition) is 1. The molecule has 1 N–H and O–H groups in total. The van der Waals surface area contributed by atoms with E-state index >= 15 is 0 Å². The number of halogens is 1. The van der Waals surface area contributed by atoms with Gasteiger partial charge >= 0.3 is 0 Å². The van der Waals surface area contributed by atoms with Gasteiger partial charge in [0.05, 0.1) is 0 Å². The Morgan fingerprint density at radius 3 is 2.40 bits per heavy atom. The van der Waals surface area contributed by atoms with E-state index in [1.54, 1.807) is 0 Å². The van der Waals surface area contributed by atoms with Crippen LogP contribution in [-0.2, 0) is 6.42 Å². The van der Waals surface area contributed by atoms with Crippen molar-refractivity contribution in [2.24, 2.45) is 0 Å². The molecule has 1 unspecified atom stereocenters. The lowest BCUT2D eigenvalue weighted by Crippen LogP contribution is -2.18. The summed E-state index contributed by atoms with van der Waals surface area (Å²) in [6.07, 6.45) is 1.09. The van der Waals surface area contributed by atoms with Crippen LogP contribution in [0.3, 0.4) is 0 Å². The highest BCUT2D eigenvalue weighted by molar-refractivity contribution is 9.10. The fraction of sp³-hybridized carbons (Fsp3) is 0.294. The van der Waals surface area contributed by atoms with Crippen molar-refractivity contribution >= 4 is 27.7 Å². The van der Waals surface area contributed by atoms with E-state index in [1.165, 1.54) is 20.5 Å². The van der Waals surface area contributed by atoms with Crippen LogP contribution in [0.2, 0.25) is 0 Å². The van der Waals surface area contributed by atoms with Gasteiger partial charge in [-0.1, -0.05) is 43.3 Å². The summed E-state index contributed by atoms with van der Waals surface area (Å²) in [4.78, 5) is 1.29. The third kappa shape index (κ3) is 4.11. The summed E-state index contributed by atoms with van der Waals surface area (Å²) in [5.74, 6) is 1.02. The normalized spacial score (nSPS) is 12.3. The summed E-state index contributed by atoms with van der Waals surface area (Å²) in [5.41, 5.74) is 2.74. The van der Waals surface area contributed by atoms with E-state index < -0.39 is 0 Å². The van der Waals surface area contributed by atoms with Crippen molar-refractivity contribution in [3.63, 3.8) is 0 Å². The van der Waals surface area contributed by atoms with Crippen LogP contribution in [-0.4, -0.2) is 12.8 Å². The Morgan fingerprint density at radius 2 is 1.80 bits per heavy atom. The second-order valence-electron chi connectivity index (χ2n) is 4.68. The molecule has 0 spiro atoms. The summed E-state index contributed by atoms with van der Waals surface area (Å²) >= 11 is 5.48.